The number of benzene rings is 2. The molecule has 4 heteroatoms. The highest BCUT2D eigenvalue weighted by atomic mass is 79.9. The molecule has 0 bridgehead atoms. The van der Waals surface area contributed by atoms with Gasteiger partial charge in [-0.1, -0.05) is 33.6 Å². The van der Waals surface area contributed by atoms with Gasteiger partial charge in [-0.15, -0.1) is 11.8 Å². The van der Waals surface area contributed by atoms with E-state index in [0.717, 1.165) is 27.3 Å². The summed E-state index contributed by atoms with van der Waals surface area (Å²) in [6, 6.07) is 14.2. The van der Waals surface area contributed by atoms with E-state index in [4.69, 9.17) is 11.6 Å². The predicted octanol–water partition coefficient (Wildman–Crippen LogP) is 5.44. The van der Waals surface area contributed by atoms with Gasteiger partial charge in [0.1, 0.15) is 0 Å². The van der Waals surface area contributed by atoms with E-state index >= 15 is 0 Å². The Labute approximate surface area is 125 Å². The second-order valence-electron chi connectivity index (χ2n) is 3.82. The average Bonchev–Trinajstić information content (AvgIpc) is 2.40. The monoisotopic (exact) mass is 341 g/mol. The maximum atomic E-state index is 6.16. The van der Waals surface area contributed by atoms with Crippen LogP contribution in [0.4, 0.5) is 5.69 Å². The molecule has 0 heterocycles. The Morgan fingerprint density at radius 1 is 1.22 bits per heavy atom. The zero-order chi connectivity index (χ0) is 13.0. The van der Waals surface area contributed by atoms with Crippen LogP contribution in [-0.2, 0) is 6.54 Å². The summed E-state index contributed by atoms with van der Waals surface area (Å²) in [7, 11) is 0. The third-order valence-corrected chi connectivity index (χ3v) is 4.15. The number of thioether (sulfide) groups is 1. The molecule has 0 aromatic heterocycles. The molecule has 0 spiro atoms. The first-order chi connectivity index (χ1) is 8.69. The third-order valence-electron chi connectivity index (χ3n) is 2.56. The predicted molar refractivity (Wildman–Crippen MR) is 84.7 cm³/mol. The van der Waals surface area contributed by atoms with Gasteiger partial charge in [0.15, 0.2) is 0 Å². The molecule has 0 aliphatic heterocycles. The summed E-state index contributed by atoms with van der Waals surface area (Å²) in [5.41, 5.74) is 2.19. The SMILES string of the molecule is CSc1cccc(NCc2cc(Br)ccc2Cl)c1. The molecular weight excluding hydrogens is 330 g/mol. The van der Waals surface area contributed by atoms with Crippen molar-refractivity contribution in [1.82, 2.24) is 0 Å². The largest absolute Gasteiger partial charge is 0.381 e. The van der Waals surface area contributed by atoms with Crippen LogP contribution in [0.5, 0.6) is 0 Å². The molecule has 0 aliphatic rings. The van der Waals surface area contributed by atoms with E-state index in [1.807, 2.05) is 18.2 Å². The van der Waals surface area contributed by atoms with Gasteiger partial charge in [0.05, 0.1) is 0 Å². The van der Waals surface area contributed by atoms with Crippen LogP contribution < -0.4 is 5.32 Å². The molecule has 0 aliphatic carbocycles. The number of nitrogens with one attached hydrogen (secondary N) is 1. The van der Waals surface area contributed by atoms with Crippen molar-refractivity contribution in [3.8, 4) is 0 Å². The van der Waals surface area contributed by atoms with E-state index in [9.17, 15) is 0 Å². The van der Waals surface area contributed by atoms with Gasteiger partial charge in [-0.05, 0) is 48.2 Å². The van der Waals surface area contributed by atoms with Crippen LogP contribution in [-0.4, -0.2) is 6.26 Å². The Bertz CT molecular complexity index is 545. The normalized spacial score (nSPS) is 10.4. The minimum absolute atomic E-state index is 0.718. The van der Waals surface area contributed by atoms with Crippen molar-refractivity contribution >= 4 is 45.0 Å². The lowest BCUT2D eigenvalue weighted by Gasteiger charge is -2.09. The van der Waals surface area contributed by atoms with E-state index in [1.165, 1.54) is 4.90 Å². The van der Waals surface area contributed by atoms with E-state index < -0.39 is 0 Å². The van der Waals surface area contributed by atoms with Crippen molar-refractivity contribution in [2.75, 3.05) is 11.6 Å². The standard InChI is InChI=1S/C14H13BrClNS/c1-18-13-4-2-3-12(8-13)17-9-10-7-11(15)5-6-14(10)16/h2-8,17H,9H2,1H3. The minimum Gasteiger partial charge on any atom is -0.381 e. The smallest absolute Gasteiger partial charge is 0.0456 e. The van der Waals surface area contributed by atoms with Crippen LogP contribution in [0.2, 0.25) is 5.02 Å². The zero-order valence-corrected chi connectivity index (χ0v) is 13.1. The van der Waals surface area contributed by atoms with Gasteiger partial charge < -0.3 is 5.32 Å². The molecule has 0 saturated carbocycles. The Hall–Kier alpha value is -0.640. The molecule has 0 radical (unpaired) electrons. The summed E-state index contributed by atoms with van der Waals surface area (Å²) in [5, 5.41) is 4.17. The fourth-order valence-electron chi connectivity index (χ4n) is 1.61. The number of anilines is 1. The van der Waals surface area contributed by atoms with Crippen molar-refractivity contribution in [3.05, 3.63) is 57.5 Å². The van der Waals surface area contributed by atoms with E-state index in [-0.39, 0.29) is 0 Å². The molecule has 1 N–H and O–H groups in total. The van der Waals surface area contributed by atoms with Crippen molar-refractivity contribution in [3.63, 3.8) is 0 Å². The Morgan fingerprint density at radius 3 is 2.83 bits per heavy atom. The Balaban J connectivity index is 2.08. The zero-order valence-electron chi connectivity index (χ0n) is 9.91. The number of halogens is 2. The Morgan fingerprint density at radius 2 is 2.06 bits per heavy atom. The molecule has 2 aromatic rings. The summed E-state index contributed by atoms with van der Waals surface area (Å²) in [6.45, 7) is 0.718. The highest BCUT2D eigenvalue weighted by Crippen LogP contribution is 2.23. The topological polar surface area (TPSA) is 12.0 Å². The molecule has 0 saturated heterocycles. The van der Waals surface area contributed by atoms with Crippen LogP contribution >= 0.6 is 39.3 Å². The fraction of sp³-hybridized carbons (Fsp3) is 0.143. The molecule has 1 nitrogen and oxygen atoms in total. The molecule has 0 atom stereocenters. The van der Waals surface area contributed by atoms with Crippen LogP contribution in [0.25, 0.3) is 0 Å². The third kappa shape index (κ3) is 3.67. The quantitative estimate of drug-likeness (QED) is 0.743. The van der Waals surface area contributed by atoms with E-state index in [1.54, 1.807) is 11.8 Å². The average molecular weight is 343 g/mol. The molecule has 2 aromatic carbocycles. The summed E-state index contributed by atoms with van der Waals surface area (Å²) < 4.78 is 1.04. The van der Waals surface area contributed by atoms with Gasteiger partial charge in [-0.2, -0.15) is 0 Å². The van der Waals surface area contributed by atoms with Crippen molar-refractivity contribution in [2.24, 2.45) is 0 Å². The second kappa shape index (κ2) is 6.50. The highest BCUT2D eigenvalue weighted by molar-refractivity contribution is 9.10. The molecule has 2 rings (SSSR count). The maximum absolute atomic E-state index is 6.16. The summed E-state index contributed by atoms with van der Waals surface area (Å²) in [5.74, 6) is 0. The summed E-state index contributed by atoms with van der Waals surface area (Å²) in [4.78, 5) is 1.25. The number of hydrogen-bond donors (Lipinski definition) is 1. The lowest BCUT2D eigenvalue weighted by Crippen LogP contribution is -2.00. The summed E-state index contributed by atoms with van der Waals surface area (Å²) in [6.07, 6.45) is 2.07. The first-order valence-electron chi connectivity index (χ1n) is 5.51. The van der Waals surface area contributed by atoms with Crippen molar-refractivity contribution in [1.29, 1.82) is 0 Å². The molecule has 94 valence electrons. The van der Waals surface area contributed by atoms with Gasteiger partial charge in [0, 0.05) is 26.6 Å². The van der Waals surface area contributed by atoms with E-state index in [2.05, 4.69) is 51.8 Å². The van der Waals surface area contributed by atoms with Crippen molar-refractivity contribution in [2.45, 2.75) is 11.4 Å². The van der Waals surface area contributed by atoms with Gasteiger partial charge in [-0.25, -0.2) is 0 Å². The van der Waals surface area contributed by atoms with Crippen LogP contribution in [0.1, 0.15) is 5.56 Å². The fourth-order valence-corrected chi connectivity index (χ4v) is 2.66. The highest BCUT2D eigenvalue weighted by Gasteiger charge is 2.01. The van der Waals surface area contributed by atoms with Gasteiger partial charge in [0.25, 0.3) is 0 Å². The lowest BCUT2D eigenvalue weighted by molar-refractivity contribution is 1.14. The number of rotatable bonds is 4. The lowest BCUT2D eigenvalue weighted by atomic mass is 10.2. The van der Waals surface area contributed by atoms with Crippen LogP contribution in [0.3, 0.4) is 0 Å². The van der Waals surface area contributed by atoms with Crippen LogP contribution in [0.15, 0.2) is 51.8 Å². The molecule has 18 heavy (non-hydrogen) atoms. The second-order valence-corrected chi connectivity index (χ2v) is 6.02. The Kier molecular flexibility index (Phi) is 4.98. The minimum atomic E-state index is 0.718. The molecular formula is C14H13BrClNS. The molecule has 0 fully saturated rings. The first-order valence-corrected chi connectivity index (χ1v) is 7.90. The first kappa shape index (κ1) is 13.8. The van der Waals surface area contributed by atoms with Gasteiger partial charge >= 0.3 is 0 Å². The van der Waals surface area contributed by atoms with Crippen LogP contribution in [0, 0.1) is 0 Å². The van der Waals surface area contributed by atoms with Gasteiger partial charge in [-0.3, -0.25) is 0 Å². The van der Waals surface area contributed by atoms with Crippen molar-refractivity contribution < 1.29 is 0 Å². The van der Waals surface area contributed by atoms with E-state index in [0.29, 0.717) is 0 Å². The molecule has 0 amide bonds. The van der Waals surface area contributed by atoms with Gasteiger partial charge in [0.2, 0.25) is 0 Å². The summed E-state index contributed by atoms with van der Waals surface area (Å²) >= 11 is 11.3. The molecule has 0 unspecified atom stereocenters. The number of hydrogen-bond acceptors (Lipinski definition) is 2. The maximum Gasteiger partial charge on any atom is 0.0456 e.